The second-order valence-corrected chi connectivity index (χ2v) is 5.70. The number of hydrogen-bond acceptors (Lipinski definition) is 3. The summed E-state index contributed by atoms with van der Waals surface area (Å²) in [6.07, 6.45) is 1.72. The van der Waals surface area contributed by atoms with Gasteiger partial charge in [-0.2, -0.15) is 0 Å². The standard InChI is InChI=1S/C19H20O3/c1-3-13-12-19(21,22-18(20)17(13)4-2)16-10-9-14-7-5-6-8-15(14)11-16/h5-11,21H,3-4,12H2,1-2H3. The van der Waals surface area contributed by atoms with Crippen LogP contribution < -0.4 is 0 Å². The highest BCUT2D eigenvalue weighted by Gasteiger charge is 2.40. The summed E-state index contributed by atoms with van der Waals surface area (Å²) in [4.78, 5) is 12.2. The molecule has 3 heteroatoms. The lowest BCUT2D eigenvalue weighted by Crippen LogP contribution is -2.37. The Morgan fingerprint density at radius 2 is 1.82 bits per heavy atom. The van der Waals surface area contributed by atoms with E-state index in [1.54, 1.807) is 0 Å². The first-order valence-corrected chi connectivity index (χ1v) is 7.73. The van der Waals surface area contributed by atoms with Gasteiger partial charge in [0.15, 0.2) is 0 Å². The number of fused-ring (bicyclic) bond motifs is 1. The van der Waals surface area contributed by atoms with E-state index >= 15 is 0 Å². The number of benzene rings is 2. The van der Waals surface area contributed by atoms with Crippen molar-refractivity contribution in [1.29, 1.82) is 0 Å². The van der Waals surface area contributed by atoms with Gasteiger partial charge in [-0.15, -0.1) is 0 Å². The average Bonchev–Trinajstić information content (AvgIpc) is 2.53. The SMILES string of the molecule is CCC1=C(CC)C(=O)OC(O)(c2ccc3ccccc3c2)C1. The number of carbonyl (C=O) groups is 1. The summed E-state index contributed by atoms with van der Waals surface area (Å²) in [5.41, 5.74) is 2.31. The summed E-state index contributed by atoms with van der Waals surface area (Å²) >= 11 is 0. The van der Waals surface area contributed by atoms with Gasteiger partial charge in [0, 0.05) is 17.6 Å². The van der Waals surface area contributed by atoms with Crippen LogP contribution in [0.1, 0.15) is 38.7 Å². The lowest BCUT2D eigenvalue weighted by atomic mass is 9.88. The van der Waals surface area contributed by atoms with Crippen molar-refractivity contribution in [3.05, 3.63) is 59.2 Å². The Labute approximate surface area is 130 Å². The summed E-state index contributed by atoms with van der Waals surface area (Å²) < 4.78 is 5.40. The summed E-state index contributed by atoms with van der Waals surface area (Å²) in [6, 6.07) is 13.6. The normalized spacial score (nSPS) is 22.0. The monoisotopic (exact) mass is 296 g/mol. The van der Waals surface area contributed by atoms with Crippen molar-refractivity contribution in [2.24, 2.45) is 0 Å². The summed E-state index contributed by atoms with van der Waals surface area (Å²) in [6.45, 7) is 3.94. The third kappa shape index (κ3) is 2.42. The quantitative estimate of drug-likeness (QED) is 0.869. The highest BCUT2D eigenvalue weighted by Crippen LogP contribution is 2.39. The molecule has 2 aromatic carbocycles. The lowest BCUT2D eigenvalue weighted by Gasteiger charge is -2.34. The van der Waals surface area contributed by atoms with E-state index in [-0.39, 0.29) is 0 Å². The predicted octanol–water partition coefficient (Wildman–Crippen LogP) is 4.05. The van der Waals surface area contributed by atoms with Crippen LogP contribution >= 0.6 is 0 Å². The molecule has 0 fully saturated rings. The van der Waals surface area contributed by atoms with Crippen LogP contribution in [-0.2, 0) is 15.3 Å². The molecule has 2 aromatic rings. The molecule has 0 bridgehead atoms. The number of ether oxygens (including phenoxy) is 1. The van der Waals surface area contributed by atoms with Crippen molar-refractivity contribution in [3.8, 4) is 0 Å². The Morgan fingerprint density at radius 1 is 1.09 bits per heavy atom. The fraction of sp³-hybridized carbons (Fsp3) is 0.316. The highest BCUT2D eigenvalue weighted by molar-refractivity contribution is 5.91. The van der Waals surface area contributed by atoms with E-state index in [2.05, 4.69) is 0 Å². The van der Waals surface area contributed by atoms with Crippen LogP contribution in [0.3, 0.4) is 0 Å². The molecule has 22 heavy (non-hydrogen) atoms. The number of carbonyl (C=O) groups excluding carboxylic acids is 1. The lowest BCUT2D eigenvalue weighted by molar-refractivity contribution is -0.215. The maximum atomic E-state index is 12.2. The molecule has 1 aliphatic heterocycles. The van der Waals surface area contributed by atoms with Crippen molar-refractivity contribution in [1.82, 2.24) is 0 Å². The first-order valence-electron chi connectivity index (χ1n) is 7.73. The Morgan fingerprint density at radius 3 is 2.50 bits per heavy atom. The first-order chi connectivity index (χ1) is 10.6. The van der Waals surface area contributed by atoms with Gasteiger partial charge in [0.05, 0.1) is 0 Å². The van der Waals surface area contributed by atoms with Crippen LogP contribution in [0.15, 0.2) is 53.6 Å². The number of cyclic esters (lactones) is 1. The molecule has 0 spiro atoms. The molecular formula is C19H20O3. The number of aliphatic hydroxyl groups is 1. The number of hydrogen-bond donors (Lipinski definition) is 1. The van der Waals surface area contributed by atoms with Gasteiger partial charge in [0.1, 0.15) is 0 Å². The molecule has 1 N–H and O–H groups in total. The van der Waals surface area contributed by atoms with Crippen LogP contribution in [0.5, 0.6) is 0 Å². The van der Waals surface area contributed by atoms with Crippen LogP contribution in [0.2, 0.25) is 0 Å². The summed E-state index contributed by atoms with van der Waals surface area (Å²) in [7, 11) is 0. The third-order valence-electron chi connectivity index (χ3n) is 4.37. The van der Waals surface area contributed by atoms with Crippen molar-refractivity contribution < 1.29 is 14.6 Å². The van der Waals surface area contributed by atoms with E-state index in [4.69, 9.17) is 4.74 Å². The van der Waals surface area contributed by atoms with Gasteiger partial charge in [-0.3, -0.25) is 0 Å². The molecule has 1 atom stereocenters. The summed E-state index contributed by atoms with van der Waals surface area (Å²) in [5.74, 6) is -1.97. The molecular weight excluding hydrogens is 276 g/mol. The van der Waals surface area contributed by atoms with E-state index in [9.17, 15) is 9.90 Å². The minimum absolute atomic E-state index is 0.344. The van der Waals surface area contributed by atoms with Crippen LogP contribution in [0, 0.1) is 0 Å². The zero-order valence-electron chi connectivity index (χ0n) is 12.9. The Hall–Kier alpha value is -2.13. The highest BCUT2D eigenvalue weighted by atomic mass is 16.7. The Bertz CT molecular complexity index is 760. The van der Waals surface area contributed by atoms with Gasteiger partial charge in [-0.25, -0.2) is 4.79 Å². The Balaban J connectivity index is 2.06. The van der Waals surface area contributed by atoms with Gasteiger partial charge in [-0.1, -0.05) is 55.8 Å². The molecule has 0 saturated heterocycles. The largest absolute Gasteiger partial charge is 0.425 e. The van der Waals surface area contributed by atoms with Crippen molar-refractivity contribution >= 4 is 16.7 Å². The smallest absolute Gasteiger partial charge is 0.336 e. The fourth-order valence-electron chi connectivity index (χ4n) is 3.12. The second-order valence-electron chi connectivity index (χ2n) is 5.70. The Kier molecular flexibility index (Phi) is 3.75. The molecule has 0 amide bonds. The van der Waals surface area contributed by atoms with E-state index in [1.165, 1.54) is 0 Å². The number of rotatable bonds is 3. The van der Waals surface area contributed by atoms with Crippen LogP contribution in [0.4, 0.5) is 0 Å². The average molecular weight is 296 g/mol. The molecule has 3 rings (SSSR count). The van der Waals surface area contributed by atoms with Crippen LogP contribution in [-0.4, -0.2) is 11.1 Å². The molecule has 0 aliphatic carbocycles. The summed E-state index contributed by atoms with van der Waals surface area (Å²) in [5, 5.41) is 13.0. The van der Waals surface area contributed by atoms with E-state index in [0.29, 0.717) is 24.0 Å². The van der Waals surface area contributed by atoms with E-state index < -0.39 is 11.8 Å². The molecule has 114 valence electrons. The fourth-order valence-corrected chi connectivity index (χ4v) is 3.12. The van der Waals surface area contributed by atoms with E-state index in [1.807, 2.05) is 56.3 Å². The van der Waals surface area contributed by atoms with Crippen molar-refractivity contribution in [3.63, 3.8) is 0 Å². The maximum Gasteiger partial charge on any atom is 0.336 e. The first kappa shape index (κ1) is 14.8. The zero-order chi connectivity index (χ0) is 15.7. The van der Waals surface area contributed by atoms with Crippen molar-refractivity contribution in [2.75, 3.05) is 0 Å². The molecule has 1 aliphatic rings. The van der Waals surface area contributed by atoms with Gasteiger partial charge < -0.3 is 9.84 Å². The van der Waals surface area contributed by atoms with Gasteiger partial charge in [-0.05, 0) is 29.7 Å². The van der Waals surface area contributed by atoms with Crippen molar-refractivity contribution in [2.45, 2.75) is 38.9 Å². The molecule has 1 unspecified atom stereocenters. The third-order valence-corrected chi connectivity index (χ3v) is 4.37. The van der Waals surface area contributed by atoms with Gasteiger partial charge >= 0.3 is 5.97 Å². The topological polar surface area (TPSA) is 46.5 Å². The molecule has 3 nitrogen and oxygen atoms in total. The number of esters is 1. The molecule has 0 radical (unpaired) electrons. The molecule has 1 heterocycles. The minimum atomic E-state index is -1.56. The second kappa shape index (κ2) is 5.58. The van der Waals surface area contributed by atoms with Gasteiger partial charge in [0.2, 0.25) is 5.79 Å². The molecule has 0 aromatic heterocycles. The maximum absolute atomic E-state index is 12.2. The van der Waals surface area contributed by atoms with E-state index in [0.717, 1.165) is 22.8 Å². The minimum Gasteiger partial charge on any atom is -0.425 e. The van der Waals surface area contributed by atoms with Gasteiger partial charge in [0.25, 0.3) is 0 Å². The molecule has 0 saturated carbocycles. The predicted molar refractivity (Wildman–Crippen MR) is 86.2 cm³/mol. The zero-order valence-corrected chi connectivity index (χ0v) is 12.9. The van der Waals surface area contributed by atoms with Crippen LogP contribution in [0.25, 0.3) is 10.8 Å².